The van der Waals surface area contributed by atoms with Gasteiger partial charge < -0.3 is 14.8 Å². The summed E-state index contributed by atoms with van der Waals surface area (Å²) in [5.74, 6) is 1.43. The number of carbonyl (C=O) groups excluding carboxylic acids is 1. The zero-order valence-electron chi connectivity index (χ0n) is 16.6. The summed E-state index contributed by atoms with van der Waals surface area (Å²) in [5, 5.41) is 2.93. The minimum Gasteiger partial charge on any atom is -0.491 e. The molecule has 0 aromatic heterocycles. The highest BCUT2D eigenvalue weighted by Gasteiger charge is 2.16. The molecule has 2 rings (SSSR count). The normalized spacial score (nSPS) is 12.0. The molecule has 1 N–H and O–H groups in total. The zero-order valence-corrected chi connectivity index (χ0v) is 16.6. The molecule has 140 valence electrons. The summed E-state index contributed by atoms with van der Waals surface area (Å²) < 4.78 is 11.6. The fourth-order valence-corrected chi connectivity index (χ4v) is 2.70. The zero-order chi connectivity index (χ0) is 19.3. The van der Waals surface area contributed by atoms with Gasteiger partial charge in [-0.1, -0.05) is 18.2 Å². The van der Waals surface area contributed by atoms with Crippen LogP contribution in [-0.2, 0) is 11.3 Å². The minimum atomic E-state index is -0.565. The van der Waals surface area contributed by atoms with Crippen molar-refractivity contribution in [2.75, 3.05) is 0 Å². The van der Waals surface area contributed by atoms with Gasteiger partial charge in [0, 0.05) is 6.54 Å². The lowest BCUT2D eigenvalue weighted by Gasteiger charge is -2.18. The van der Waals surface area contributed by atoms with Crippen LogP contribution in [0, 0.1) is 20.8 Å². The molecule has 26 heavy (non-hydrogen) atoms. The first kappa shape index (κ1) is 19.8. The Balaban J connectivity index is 1.96. The van der Waals surface area contributed by atoms with E-state index in [0.29, 0.717) is 6.54 Å². The molecule has 0 unspecified atom stereocenters. The van der Waals surface area contributed by atoms with E-state index in [-0.39, 0.29) is 12.0 Å². The van der Waals surface area contributed by atoms with Crippen molar-refractivity contribution in [3.63, 3.8) is 0 Å². The molecule has 4 nitrogen and oxygen atoms in total. The van der Waals surface area contributed by atoms with E-state index in [1.807, 2.05) is 65.0 Å². The van der Waals surface area contributed by atoms with Crippen LogP contribution in [0.3, 0.4) is 0 Å². The molecule has 2 aromatic rings. The summed E-state index contributed by atoms with van der Waals surface area (Å²) in [6, 6.07) is 11.8. The van der Waals surface area contributed by atoms with Gasteiger partial charge in [0.25, 0.3) is 5.91 Å². The third-order valence-electron chi connectivity index (χ3n) is 4.17. The summed E-state index contributed by atoms with van der Waals surface area (Å²) in [7, 11) is 0. The van der Waals surface area contributed by atoms with Gasteiger partial charge in [-0.3, -0.25) is 4.79 Å². The molecule has 0 heterocycles. The summed E-state index contributed by atoms with van der Waals surface area (Å²) in [6.45, 7) is 12.3. The molecule has 4 heteroatoms. The van der Waals surface area contributed by atoms with Crippen molar-refractivity contribution >= 4 is 5.91 Å². The summed E-state index contributed by atoms with van der Waals surface area (Å²) in [5.41, 5.74) is 4.34. The molecule has 0 aliphatic heterocycles. The van der Waals surface area contributed by atoms with Crippen molar-refractivity contribution in [2.45, 2.75) is 60.3 Å². The first-order valence-corrected chi connectivity index (χ1v) is 9.04. The fourth-order valence-electron chi connectivity index (χ4n) is 2.70. The van der Waals surface area contributed by atoms with Gasteiger partial charge in [0.05, 0.1) is 6.10 Å². The third-order valence-corrected chi connectivity index (χ3v) is 4.17. The van der Waals surface area contributed by atoms with Crippen LogP contribution < -0.4 is 14.8 Å². The van der Waals surface area contributed by atoms with Gasteiger partial charge in [-0.2, -0.15) is 0 Å². The first-order valence-electron chi connectivity index (χ1n) is 9.04. The molecule has 1 atom stereocenters. The van der Waals surface area contributed by atoms with Crippen LogP contribution in [0.5, 0.6) is 11.5 Å². The Hall–Kier alpha value is -2.49. The van der Waals surface area contributed by atoms with E-state index < -0.39 is 6.10 Å². The van der Waals surface area contributed by atoms with E-state index >= 15 is 0 Å². The number of nitrogens with one attached hydrogen (secondary N) is 1. The number of ether oxygens (including phenoxy) is 2. The topological polar surface area (TPSA) is 47.6 Å². The number of hydrogen-bond donors (Lipinski definition) is 1. The standard InChI is InChI=1S/C22H29NO3/c1-14(2)25-20-9-7-8-19(12-20)13-23-22(24)18(6)26-21-11-15(3)10-16(4)17(21)5/h7-12,14,18H,13H2,1-6H3,(H,23,24)/t18-/m1/s1. The Labute approximate surface area is 156 Å². The fraction of sp³-hybridized carbons (Fsp3) is 0.409. The second kappa shape index (κ2) is 8.75. The summed E-state index contributed by atoms with van der Waals surface area (Å²) >= 11 is 0. The molecule has 0 aliphatic rings. The van der Waals surface area contributed by atoms with Crippen LogP contribution >= 0.6 is 0 Å². The van der Waals surface area contributed by atoms with Gasteiger partial charge in [0.1, 0.15) is 11.5 Å². The predicted octanol–water partition coefficient (Wildman–Crippen LogP) is 4.48. The third kappa shape index (κ3) is 5.51. The van der Waals surface area contributed by atoms with Crippen LogP contribution in [0.25, 0.3) is 0 Å². The molecule has 0 fully saturated rings. The largest absolute Gasteiger partial charge is 0.491 e. The maximum Gasteiger partial charge on any atom is 0.261 e. The molecule has 0 saturated carbocycles. The van der Waals surface area contributed by atoms with E-state index in [0.717, 1.165) is 33.8 Å². The lowest BCUT2D eigenvalue weighted by atomic mass is 10.1. The second-order valence-corrected chi connectivity index (χ2v) is 7.00. The van der Waals surface area contributed by atoms with Crippen molar-refractivity contribution in [1.82, 2.24) is 5.32 Å². The van der Waals surface area contributed by atoms with Crippen LogP contribution in [0.15, 0.2) is 36.4 Å². The van der Waals surface area contributed by atoms with Crippen LogP contribution in [-0.4, -0.2) is 18.1 Å². The monoisotopic (exact) mass is 355 g/mol. The second-order valence-electron chi connectivity index (χ2n) is 7.00. The van der Waals surface area contributed by atoms with Gasteiger partial charge in [0.2, 0.25) is 0 Å². The minimum absolute atomic E-state index is 0.120. The van der Waals surface area contributed by atoms with E-state index in [2.05, 4.69) is 11.4 Å². The van der Waals surface area contributed by atoms with Crippen molar-refractivity contribution in [1.29, 1.82) is 0 Å². The average molecular weight is 355 g/mol. The lowest BCUT2D eigenvalue weighted by molar-refractivity contribution is -0.127. The van der Waals surface area contributed by atoms with Gasteiger partial charge in [-0.15, -0.1) is 0 Å². The molecular formula is C22H29NO3. The van der Waals surface area contributed by atoms with Crippen LogP contribution in [0.4, 0.5) is 0 Å². The van der Waals surface area contributed by atoms with Gasteiger partial charge in [-0.05, 0) is 82.0 Å². The Morgan fingerprint density at radius 1 is 1.04 bits per heavy atom. The Morgan fingerprint density at radius 2 is 1.77 bits per heavy atom. The first-order chi connectivity index (χ1) is 12.3. The average Bonchev–Trinajstić information content (AvgIpc) is 2.56. The highest BCUT2D eigenvalue weighted by Crippen LogP contribution is 2.24. The van der Waals surface area contributed by atoms with E-state index in [1.54, 1.807) is 6.92 Å². The summed E-state index contributed by atoms with van der Waals surface area (Å²) in [6.07, 6.45) is -0.445. The van der Waals surface area contributed by atoms with Crippen molar-refractivity contribution in [2.24, 2.45) is 0 Å². The molecule has 0 bridgehead atoms. The Kier molecular flexibility index (Phi) is 6.67. The smallest absolute Gasteiger partial charge is 0.261 e. The molecule has 0 spiro atoms. The van der Waals surface area contributed by atoms with E-state index in [1.165, 1.54) is 0 Å². The highest BCUT2D eigenvalue weighted by atomic mass is 16.5. The quantitative estimate of drug-likeness (QED) is 0.796. The number of rotatable bonds is 7. The summed E-state index contributed by atoms with van der Waals surface area (Å²) in [4.78, 5) is 12.4. The van der Waals surface area contributed by atoms with Gasteiger partial charge >= 0.3 is 0 Å². The Bertz CT molecular complexity index is 768. The van der Waals surface area contributed by atoms with Crippen molar-refractivity contribution in [3.8, 4) is 11.5 Å². The molecule has 2 aromatic carbocycles. The molecular weight excluding hydrogens is 326 g/mol. The van der Waals surface area contributed by atoms with E-state index in [9.17, 15) is 4.79 Å². The van der Waals surface area contributed by atoms with Crippen LogP contribution in [0.1, 0.15) is 43.0 Å². The maximum atomic E-state index is 12.4. The Morgan fingerprint density at radius 3 is 2.46 bits per heavy atom. The molecule has 0 saturated heterocycles. The van der Waals surface area contributed by atoms with Crippen molar-refractivity contribution in [3.05, 3.63) is 58.7 Å². The number of carbonyl (C=O) groups is 1. The van der Waals surface area contributed by atoms with Gasteiger partial charge in [-0.25, -0.2) is 0 Å². The highest BCUT2D eigenvalue weighted by molar-refractivity contribution is 5.80. The van der Waals surface area contributed by atoms with Gasteiger partial charge in [0.15, 0.2) is 6.10 Å². The molecule has 0 radical (unpaired) electrons. The maximum absolute atomic E-state index is 12.4. The van der Waals surface area contributed by atoms with Crippen molar-refractivity contribution < 1.29 is 14.3 Å². The number of amides is 1. The number of hydrogen-bond acceptors (Lipinski definition) is 3. The van der Waals surface area contributed by atoms with Crippen LogP contribution in [0.2, 0.25) is 0 Å². The SMILES string of the molecule is Cc1cc(C)c(C)c(O[C@H](C)C(=O)NCc2cccc(OC(C)C)c2)c1. The number of benzene rings is 2. The van der Waals surface area contributed by atoms with E-state index in [4.69, 9.17) is 9.47 Å². The molecule has 1 amide bonds. The predicted molar refractivity (Wildman–Crippen MR) is 105 cm³/mol. The molecule has 0 aliphatic carbocycles. The lowest BCUT2D eigenvalue weighted by Crippen LogP contribution is -2.36. The number of aryl methyl sites for hydroxylation is 2.